The number of hydrogen-bond donors (Lipinski definition) is 3. The van der Waals surface area contributed by atoms with E-state index in [2.05, 4.69) is 16.9 Å². The van der Waals surface area contributed by atoms with Crippen LogP contribution in [-0.2, 0) is 5.41 Å². The molecule has 1 aromatic carbocycles. The molecule has 17 heavy (non-hydrogen) atoms. The Hall–Kier alpha value is -1.55. The highest BCUT2D eigenvalue weighted by Gasteiger charge is 2.40. The normalized spacial score (nSPS) is 28.9. The molecule has 2 unspecified atom stereocenters. The third-order valence-electron chi connectivity index (χ3n) is 4.04. The van der Waals surface area contributed by atoms with Crippen LogP contribution in [0.1, 0.15) is 32.0 Å². The number of rotatable bonds is 1. The fraction of sp³-hybridized carbons (Fsp3) is 0.462. The Labute approximate surface area is 99.9 Å². The van der Waals surface area contributed by atoms with E-state index in [-0.39, 0.29) is 17.2 Å². The first kappa shape index (κ1) is 10.6. The van der Waals surface area contributed by atoms with E-state index in [9.17, 15) is 5.11 Å². The van der Waals surface area contributed by atoms with Gasteiger partial charge in [-0.3, -0.25) is 0 Å². The van der Waals surface area contributed by atoms with Crippen molar-refractivity contribution in [3.8, 4) is 5.75 Å². The number of phenolic OH excluding ortho intramolecular Hbond substituents is 1. The average Bonchev–Trinajstić information content (AvgIpc) is 2.84. The minimum atomic E-state index is -0.0609. The maximum Gasteiger partial charge on any atom is 0.117 e. The summed E-state index contributed by atoms with van der Waals surface area (Å²) < 4.78 is 0. The van der Waals surface area contributed by atoms with Crippen LogP contribution in [0, 0.1) is 0 Å². The van der Waals surface area contributed by atoms with Gasteiger partial charge in [0.2, 0.25) is 0 Å². The Morgan fingerprint density at radius 1 is 1.53 bits per heavy atom. The van der Waals surface area contributed by atoms with Gasteiger partial charge in [-0.25, -0.2) is 4.98 Å². The molecule has 3 rings (SSSR count). The summed E-state index contributed by atoms with van der Waals surface area (Å²) in [6, 6.07) is 5.35. The van der Waals surface area contributed by atoms with Crippen molar-refractivity contribution >= 4 is 11.0 Å². The van der Waals surface area contributed by atoms with Gasteiger partial charge in [0.05, 0.1) is 11.0 Å². The van der Waals surface area contributed by atoms with E-state index in [1.54, 1.807) is 12.1 Å². The molecule has 90 valence electrons. The quantitative estimate of drug-likeness (QED) is 0.703. The number of fused-ring (bicyclic) bond motifs is 1. The van der Waals surface area contributed by atoms with Crippen LogP contribution in [0.3, 0.4) is 0 Å². The summed E-state index contributed by atoms with van der Waals surface area (Å²) in [7, 11) is 0. The molecule has 0 aliphatic heterocycles. The van der Waals surface area contributed by atoms with Gasteiger partial charge >= 0.3 is 0 Å². The van der Waals surface area contributed by atoms with Crippen LogP contribution in [0.2, 0.25) is 0 Å². The Morgan fingerprint density at radius 3 is 3.06 bits per heavy atom. The Kier molecular flexibility index (Phi) is 2.16. The molecule has 4 N–H and O–H groups in total. The topological polar surface area (TPSA) is 74.9 Å². The summed E-state index contributed by atoms with van der Waals surface area (Å²) in [5, 5.41) is 9.45. The zero-order chi connectivity index (χ0) is 12.0. The second-order valence-electron chi connectivity index (χ2n) is 5.20. The molecule has 2 aromatic rings. The molecule has 4 heteroatoms. The summed E-state index contributed by atoms with van der Waals surface area (Å²) in [6.45, 7) is 2.17. The van der Waals surface area contributed by atoms with E-state index in [0.717, 1.165) is 36.1 Å². The van der Waals surface area contributed by atoms with Crippen molar-refractivity contribution in [3.05, 3.63) is 24.0 Å². The molecule has 1 heterocycles. The van der Waals surface area contributed by atoms with Gasteiger partial charge in [-0.2, -0.15) is 0 Å². The Bertz CT molecular complexity index is 563. The molecule has 1 saturated carbocycles. The molecule has 1 aliphatic rings. The number of benzene rings is 1. The van der Waals surface area contributed by atoms with Crippen LogP contribution in [0.15, 0.2) is 18.2 Å². The van der Waals surface area contributed by atoms with E-state index in [4.69, 9.17) is 5.73 Å². The standard InChI is InChI=1S/C13H17N3O/c1-13(6-2-3-11(13)14)12-15-9-5-4-8(17)7-10(9)16-12/h4-5,7,11,17H,2-3,6,14H2,1H3,(H,15,16). The second-order valence-corrected chi connectivity index (χ2v) is 5.20. The maximum atomic E-state index is 9.45. The van der Waals surface area contributed by atoms with Crippen LogP contribution in [0.4, 0.5) is 0 Å². The summed E-state index contributed by atoms with van der Waals surface area (Å²) in [6.07, 6.45) is 3.28. The van der Waals surface area contributed by atoms with Crippen LogP contribution in [0.5, 0.6) is 5.75 Å². The maximum absolute atomic E-state index is 9.45. The lowest BCUT2D eigenvalue weighted by Gasteiger charge is -2.26. The highest BCUT2D eigenvalue weighted by Crippen LogP contribution is 2.39. The lowest BCUT2D eigenvalue weighted by Crippen LogP contribution is -2.39. The molecule has 0 radical (unpaired) electrons. The number of aromatic hydroxyl groups is 1. The predicted molar refractivity (Wildman–Crippen MR) is 66.9 cm³/mol. The summed E-state index contributed by atoms with van der Waals surface area (Å²) >= 11 is 0. The van der Waals surface area contributed by atoms with Crippen molar-refractivity contribution < 1.29 is 5.11 Å². The summed E-state index contributed by atoms with van der Waals surface area (Å²) in [4.78, 5) is 7.91. The van der Waals surface area contributed by atoms with E-state index in [1.165, 1.54) is 0 Å². The number of aromatic amines is 1. The van der Waals surface area contributed by atoms with Crippen LogP contribution >= 0.6 is 0 Å². The van der Waals surface area contributed by atoms with Crippen LogP contribution in [-0.4, -0.2) is 21.1 Å². The SMILES string of the molecule is CC1(c2nc3ccc(O)cc3[nH]2)CCCC1N. The largest absolute Gasteiger partial charge is 0.508 e. The molecule has 0 saturated heterocycles. The molecule has 1 fully saturated rings. The van der Waals surface area contributed by atoms with Gasteiger partial charge in [0, 0.05) is 17.5 Å². The van der Waals surface area contributed by atoms with Crippen LogP contribution in [0.25, 0.3) is 11.0 Å². The second kappa shape index (κ2) is 3.47. The van der Waals surface area contributed by atoms with Gasteiger partial charge < -0.3 is 15.8 Å². The van der Waals surface area contributed by atoms with Gasteiger partial charge in [-0.15, -0.1) is 0 Å². The van der Waals surface area contributed by atoms with E-state index in [1.807, 2.05) is 6.07 Å². The minimum absolute atomic E-state index is 0.0609. The Balaban J connectivity index is 2.12. The van der Waals surface area contributed by atoms with Crippen molar-refractivity contribution in [2.75, 3.05) is 0 Å². The van der Waals surface area contributed by atoms with E-state index < -0.39 is 0 Å². The van der Waals surface area contributed by atoms with Crippen LogP contribution < -0.4 is 5.73 Å². The molecule has 1 aliphatic carbocycles. The Morgan fingerprint density at radius 2 is 2.35 bits per heavy atom. The molecule has 1 aromatic heterocycles. The first-order chi connectivity index (χ1) is 8.09. The molecule has 0 amide bonds. The molecule has 0 bridgehead atoms. The van der Waals surface area contributed by atoms with Crippen molar-refractivity contribution in [1.29, 1.82) is 0 Å². The van der Waals surface area contributed by atoms with Gasteiger partial charge in [-0.05, 0) is 25.0 Å². The van der Waals surface area contributed by atoms with E-state index >= 15 is 0 Å². The van der Waals surface area contributed by atoms with Gasteiger partial charge in [0.25, 0.3) is 0 Å². The molecule has 4 nitrogen and oxygen atoms in total. The number of nitrogens with one attached hydrogen (secondary N) is 1. The number of H-pyrrole nitrogens is 1. The first-order valence-corrected chi connectivity index (χ1v) is 6.04. The fourth-order valence-electron chi connectivity index (χ4n) is 2.76. The lowest BCUT2D eigenvalue weighted by molar-refractivity contribution is 0.409. The van der Waals surface area contributed by atoms with Gasteiger partial charge in [-0.1, -0.05) is 13.3 Å². The monoisotopic (exact) mass is 231 g/mol. The van der Waals surface area contributed by atoms with Gasteiger partial charge in [0.15, 0.2) is 0 Å². The van der Waals surface area contributed by atoms with E-state index in [0.29, 0.717) is 0 Å². The third-order valence-corrected chi connectivity index (χ3v) is 4.04. The first-order valence-electron chi connectivity index (χ1n) is 6.04. The zero-order valence-corrected chi connectivity index (χ0v) is 9.90. The minimum Gasteiger partial charge on any atom is -0.508 e. The predicted octanol–water partition coefficient (Wildman–Crippen LogP) is 2.04. The highest BCUT2D eigenvalue weighted by molar-refractivity contribution is 5.77. The van der Waals surface area contributed by atoms with Crippen molar-refractivity contribution in [1.82, 2.24) is 9.97 Å². The van der Waals surface area contributed by atoms with Crippen molar-refractivity contribution in [2.45, 2.75) is 37.6 Å². The molecular formula is C13H17N3O. The van der Waals surface area contributed by atoms with Gasteiger partial charge in [0.1, 0.15) is 11.6 Å². The molecule has 0 spiro atoms. The highest BCUT2D eigenvalue weighted by atomic mass is 16.3. The number of hydrogen-bond acceptors (Lipinski definition) is 3. The number of nitrogens with zero attached hydrogens (tertiary/aromatic N) is 1. The van der Waals surface area contributed by atoms with Crippen molar-refractivity contribution in [3.63, 3.8) is 0 Å². The summed E-state index contributed by atoms with van der Waals surface area (Å²) in [5.41, 5.74) is 7.89. The molecule has 2 atom stereocenters. The smallest absolute Gasteiger partial charge is 0.117 e. The van der Waals surface area contributed by atoms with Crippen molar-refractivity contribution in [2.24, 2.45) is 5.73 Å². The average molecular weight is 231 g/mol. The number of imidazole rings is 1. The summed E-state index contributed by atoms with van der Waals surface area (Å²) in [5.74, 6) is 1.21. The number of nitrogens with two attached hydrogens (primary N) is 1. The number of aromatic nitrogens is 2. The number of phenols is 1. The zero-order valence-electron chi connectivity index (χ0n) is 9.90. The lowest BCUT2D eigenvalue weighted by atomic mass is 9.84. The fourth-order valence-corrected chi connectivity index (χ4v) is 2.76. The third kappa shape index (κ3) is 1.52. The molecular weight excluding hydrogens is 214 g/mol.